The van der Waals surface area contributed by atoms with E-state index in [4.69, 9.17) is 0 Å². The van der Waals surface area contributed by atoms with E-state index in [-0.39, 0.29) is 0 Å². The van der Waals surface area contributed by atoms with Crippen LogP contribution in [0.1, 0.15) is 11.1 Å². The minimum Gasteiger partial charge on any atom is -0.256 e. The Balaban J connectivity index is 1.81. The summed E-state index contributed by atoms with van der Waals surface area (Å²) in [6.45, 7) is 4.33. The highest BCUT2D eigenvalue weighted by molar-refractivity contribution is 7.99. The standard InChI is InChI=1S/C25H19NS/c1-16-7-5-10-19-21-15-18(25-17(2)8-6-14-26-25)12-13-23(21)27-22-11-4-3-9-20(22)24(16)19/h3-15H,1-2H3. The van der Waals surface area contributed by atoms with Crippen LogP contribution in [-0.2, 0) is 0 Å². The first-order valence-corrected chi connectivity index (χ1v) is 9.97. The lowest BCUT2D eigenvalue weighted by atomic mass is 9.90. The fourth-order valence-electron chi connectivity index (χ4n) is 3.90. The Kier molecular flexibility index (Phi) is 3.87. The molecule has 3 aromatic carbocycles. The zero-order valence-corrected chi connectivity index (χ0v) is 16.2. The Hall–Kier alpha value is -2.84. The molecule has 1 aliphatic rings. The summed E-state index contributed by atoms with van der Waals surface area (Å²) in [4.78, 5) is 7.24. The summed E-state index contributed by atoms with van der Waals surface area (Å²) in [5.74, 6) is 0. The molecule has 1 aliphatic heterocycles. The number of aromatic nitrogens is 1. The molecule has 1 nitrogen and oxygen atoms in total. The van der Waals surface area contributed by atoms with Crippen LogP contribution in [0.15, 0.2) is 88.8 Å². The van der Waals surface area contributed by atoms with Gasteiger partial charge in [0, 0.05) is 21.6 Å². The van der Waals surface area contributed by atoms with E-state index in [1.165, 1.54) is 48.7 Å². The number of aryl methyl sites for hydroxylation is 2. The van der Waals surface area contributed by atoms with Crippen LogP contribution < -0.4 is 0 Å². The summed E-state index contributed by atoms with van der Waals surface area (Å²) in [5, 5.41) is 0. The maximum absolute atomic E-state index is 4.63. The van der Waals surface area contributed by atoms with Crippen LogP contribution in [0.4, 0.5) is 0 Å². The molecule has 0 atom stereocenters. The number of pyridine rings is 1. The molecular weight excluding hydrogens is 346 g/mol. The average molecular weight is 366 g/mol. The third-order valence-electron chi connectivity index (χ3n) is 5.20. The topological polar surface area (TPSA) is 12.9 Å². The zero-order chi connectivity index (χ0) is 18.4. The summed E-state index contributed by atoms with van der Waals surface area (Å²) in [5.41, 5.74) is 10.00. The number of hydrogen-bond donors (Lipinski definition) is 0. The van der Waals surface area contributed by atoms with Crippen molar-refractivity contribution in [3.8, 4) is 33.5 Å². The number of rotatable bonds is 1. The molecule has 0 aliphatic carbocycles. The quantitative estimate of drug-likeness (QED) is 0.312. The molecule has 0 spiro atoms. The summed E-state index contributed by atoms with van der Waals surface area (Å²) < 4.78 is 0. The molecule has 1 aromatic heterocycles. The van der Waals surface area contributed by atoms with E-state index in [0.29, 0.717) is 0 Å². The van der Waals surface area contributed by atoms with Crippen LogP contribution in [0.2, 0.25) is 0 Å². The lowest BCUT2D eigenvalue weighted by Gasteiger charge is -2.14. The molecule has 130 valence electrons. The van der Waals surface area contributed by atoms with E-state index < -0.39 is 0 Å². The monoisotopic (exact) mass is 365 g/mol. The van der Waals surface area contributed by atoms with Gasteiger partial charge in [0.05, 0.1) is 5.69 Å². The fourth-order valence-corrected chi connectivity index (χ4v) is 4.97. The summed E-state index contributed by atoms with van der Waals surface area (Å²) >= 11 is 1.86. The minimum absolute atomic E-state index is 1.06. The number of fused-ring (bicyclic) bond motifs is 5. The van der Waals surface area contributed by atoms with Gasteiger partial charge in [-0.3, -0.25) is 4.98 Å². The minimum atomic E-state index is 1.06. The van der Waals surface area contributed by atoms with Crippen LogP contribution >= 0.6 is 11.8 Å². The molecule has 0 amide bonds. The van der Waals surface area contributed by atoms with Crippen molar-refractivity contribution in [2.75, 3.05) is 0 Å². The van der Waals surface area contributed by atoms with Crippen molar-refractivity contribution >= 4 is 11.8 Å². The third kappa shape index (κ3) is 2.68. The lowest BCUT2D eigenvalue weighted by molar-refractivity contribution is 1.26. The van der Waals surface area contributed by atoms with Gasteiger partial charge in [-0.15, -0.1) is 0 Å². The predicted molar refractivity (Wildman–Crippen MR) is 114 cm³/mol. The highest BCUT2D eigenvalue weighted by Crippen LogP contribution is 2.49. The molecule has 2 heterocycles. The van der Waals surface area contributed by atoms with Gasteiger partial charge >= 0.3 is 0 Å². The van der Waals surface area contributed by atoms with E-state index in [1.54, 1.807) is 0 Å². The second kappa shape index (κ2) is 6.40. The summed E-state index contributed by atoms with van der Waals surface area (Å²) in [7, 11) is 0. The smallest absolute Gasteiger partial charge is 0.0731 e. The summed E-state index contributed by atoms with van der Waals surface area (Å²) in [6.07, 6.45) is 1.87. The highest BCUT2D eigenvalue weighted by atomic mass is 32.2. The van der Waals surface area contributed by atoms with Gasteiger partial charge in [0.15, 0.2) is 0 Å². The van der Waals surface area contributed by atoms with Gasteiger partial charge < -0.3 is 0 Å². The van der Waals surface area contributed by atoms with E-state index in [2.05, 4.69) is 85.6 Å². The van der Waals surface area contributed by atoms with E-state index in [9.17, 15) is 0 Å². The number of hydrogen-bond acceptors (Lipinski definition) is 2. The van der Waals surface area contributed by atoms with E-state index >= 15 is 0 Å². The maximum Gasteiger partial charge on any atom is 0.0731 e. The molecule has 0 fully saturated rings. The van der Waals surface area contributed by atoms with Crippen molar-refractivity contribution in [1.82, 2.24) is 4.98 Å². The van der Waals surface area contributed by atoms with Crippen LogP contribution in [0, 0.1) is 13.8 Å². The maximum atomic E-state index is 4.63. The highest BCUT2D eigenvalue weighted by Gasteiger charge is 2.21. The normalized spacial score (nSPS) is 11.9. The average Bonchev–Trinajstić information content (AvgIpc) is 2.83. The lowest BCUT2D eigenvalue weighted by Crippen LogP contribution is -1.91. The SMILES string of the molecule is Cc1cccnc1-c1ccc2c(c1)-c1cccc(C)c1-c1ccccc1S2. The molecule has 27 heavy (non-hydrogen) atoms. The molecule has 0 bridgehead atoms. The van der Waals surface area contributed by atoms with Crippen molar-refractivity contribution in [2.24, 2.45) is 0 Å². The molecular formula is C25H19NS. The van der Waals surface area contributed by atoms with Crippen LogP contribution in [0.3, 0.4) is 0 Å². The summed E-state index contributed by atoms with van der Waals surface area (Å²) in [6, 6.07) is 26.2. The van der Waals surface area contributed by atoms with Gasteiger partial charge in [0.1, 0.15) is 0 Å². The Labute approximate surface area is 164 Å². The molecule has 0 radical (unpaired) electrons. The van der Waals surface area contributed by atoms with Crippen molar-refractivity contribution in [3.05, 3.63) is 90.1 Å². The Bertz CT molecular complexity index is 1180. The Morgan fingerprint density at radius 1 is 0.667 bits per heavy atom. The molecule has 2 heteroatoms. The molecule has 4 aromatic rings. The molecule has 0 saturated heterocycles. The first-order valence-electron chi connectivity index (χ1n) is 9.15. The van der Waals surface area contributed by atoms with Gasteiger partial charge in [-0.05, 0) is 71.5 Å². The molecule has 0 N–H and O–H groups in total. The largest absolute Gasteiger partial charge is 0.256 e. The second-order valence-corrected chi connectivity index (χ2v) is 8.06. The first-order chi connectivity index (χ1) is 13.2. The Morgan fingerprint density at radius 2 is 1.44 bits per heavy atom. The molecule has 0 unspecified atom stereocenters. The number of nitrogens with zero attached hydrogens (tertiary/aromatic N) is 1. The zero-order valence-electron chi connectivity index (χ0n) is 15.4. The van der Waals surface area contributed by atoms with Crippen molar-refractivity contribution < 1.29 is 0 Å². The van der Waals surface area contributed by atoms with Gasteiger partial charge in [0.2, 0.25) is 0 Å². The molecule has 5 rings (SSSR count). The van der Waals surface area contributed by atoms with Gasteiger partial charge in [0.25, 0.3) is 0 Å². The van der Waals surface area contributed by atoms with Crippen LogP contribution in [-0.4, -0.2) is 4.98 Å². The van der Waals surface area contributed by atoms with Crippen LogP contribution in [0.5, 0.6) is 0 Å². The number of benzene rings is 3. The van der Waals surface area contributed by atoms with Crippen LogP contribution in [0.25, 0.3) is 33.5 Å². The van der Waals surface area contributed by atoms with Crippen molar-refractivity contribution in [2.45, 2.75) is 23.6 Å². The fraction of sp³-hybridized carbons (Fsp3) is 0.0800. The Morgan fingerprint density at radius 3 is 2.33 bits per heavy atom. The van der Waals surface area contributed by atoms with Crippen molar-refractivity contribution in [3.63, 3.8) is 0 Å². The first kappa shape index (κ1) is 16.3. The second-order valence-electron chi connectivity index (χ2n) is 6.98. The van der Waals surface area contributed by atoms with Gasteiger partial charge in [-0.2, -0.15) is 0 Å². The van der Waals surface area contributed by atoms with E-state index in [0.717, 1.165) is 5.69 Å². The van der Waals surface area contributed by atoms with Gasteiger partial charge in [-0.25, -0.2) is 0 Å². The molecule has 0 saturated carbocycles. The van der Waals surface area contributed by atoms with E-state index in [1.807, 2.05) is 24.0 Å². The predicted octanol–water partition coefficient (Wildman–Crippen LogP) is 7.16. The van der Waals surface area contributed by atoms with Gasteiger partial charge in [-0.1, -0.05) is 60.3 Å². The third-order valence-corrected chi connectivity index (χ3v) is 6.35. The van der Waals surface area contributed by atoms with Crippen molar-refractivity contribution in [1.29, 1.82) is 0 Å².